The molecule has 3 N–H and O–H groups in total. The summed E-state index contributed by atoms with van der Waals surface area (Å²) in [6, 6.07) is 3.33. The fourth-order valence-electron chi connectivity index (χ4n) is 5.73. The standard InChI is InChI=1S/C28H41N5O6/c1-4-5-11-32(12-6-9-29)25(34)17-33-16-20(19-14-22(37-3)27-23(15-19)38-18-39-27)26(28(35)36)21(33)7-8-24-30-10-13-31(24)2/h10,13-15,20-21,26H,4-9,11-12,16-18,29H2,1-3H3,(H,35,36). The molecule has 3 atom stereocenters. The number of nitrogens with two attached hydrogens (primary N) is 1. The maximum absolute atomic E-state index is 13.5. The Morgan fingerprint density at radius 1 is 1.26 bits per heavy atom. The SMILES string of the molecule is CCCCN(CCCN)C(=O)CN1CC(c2cc(OC)c3c(c2)OCO3)C(C(=O)O)C1CCc1nccn1C. The van der Waals surface area contributed by atoms with E-state index in [-0.39, 0.29) is 31.2 Å². The quantitative estimate of drug-likeness (QED) is 0.368. The average Bonchev–Trinajstić information content (AvgIpc) is 3.65. The third-order valence-corrected chi connectivity index (χ3v) is 7.83. The van der Waals surface area contributed by atoms with E-state index in [4.69, 9.17) is 19.9 Å². The Morgan fingerprint density at radius 3 is 2.72 bits per heavy atom. The number of fused-ring (bicyclic) bond motifs is 1. The van der Waals surface area contributed by atoms with Crippen LogP contribution < -0.4 is 19.9 Å². The van der Waals surface area contributed by atoms with Gasteiger partial charge in [-0.25, -0.2) is 4.98 Å². The maximum Gasteiger partial charge on any atom is 0.308 e. The number of imidazole rings is 1. The number of carboxylic acid groups (broad SMARTS) is 1. The molecule has 4 rings (SSSR count). The van der Waals surface area contributed by atoms with Crippen LogP contribution in [0.3, 0.4) is 0 Å². The number of nitrogens with zero attached hydrogens (tertiary/aromatic N) is 4. The Hall–Kier alpha value is -3.31. The molecule has 0 aliphatic carbocycles. The highest BCUT2D eigenvalue weighted by Gasteiger charge is 2.47. The Kier molecular flexibility index (Phi) is 9.68. The molecule has 3 unspecified atom stereocenters. The summed E-state index contributed by atoms with van der Waals surface area (Å²) in [7, 11) is 3.48. The number of unbranched alkanes of at least 4 members (excludes halogenated alkanes) is 1. The maximum atomic E-state index is 13.5. The van der Waals surface area contributed by atoms with Crippen LogP contribution in [0.25, 0.3) is 0 Å². The van der Waals surface area contributed by atoms with Crippen molar-refractivity contribution in [1.82, 2.24) is 19.4 Å². The summed E-state index contributed by atoms with van der Waals surface area (Å²) < 4.78 is 18.7. The molecule has 2 aromatic rings. The molecule has 1 aromatic heterocycles. The second kappa shape index (κ2) is 13.2. The van der Waals surface area contributed by atoms with Crippen LogP contribution in [0.1, 0.15) is 49.9 Å². The number of rotatable bonds is 14. The van der Waals surface area contributed by atoms with Crippen molar-refractivity contribution in [3.05, 3.63) is 35.9 Å². The van der Waals surface area contributed by atoms with Crippen molar-refractivity contribution in [2.75, 3.05) is 46.6 Å². The molecule has 11 nitrogen and oxygen atoms in total. The monoisotopic (exact) mass is 543 g/mol. The lowest BCUT2D eigenvalue weighted by molar-refractivity contribution is -0.143. The van der Waals surface area contributed by atoms with Gasteiger partial charge < -0.3 is 34.5 Å². The first kappa shape index (κ1) is 28.7. The van der Waals surface area contributed by atoms with Gasteiger partial charge in [0.15, 0.2) is 11.5 Å². The number of hydrogen-bond donors (Lipinski definition) is 2. The predicted molar refractivity (Wildman–Crippen MR) is 145 cm³/mol. The van der Waals surface area contributed by atoms with Gasteiger partial charge in [-0.1, -0.05) is 13.3 Å². The molecule has 2 aliphatic rings. The lowest BCUT2D eigenvalue weighted by Gasteiger charge is -2.29. The van der Waals surface area contributed by atoms with Gasteiger partial charge in [-0.2, -0.15) is 0 Å². The van der Waals surface area contributed by atoms with Gasteiger partial charge in [0.2, 0.25) is 18.4 Å². The number of carboxylic acids is 1. The highest BCUT2D eigenvalue weighted by Crippen LogP contribution is 2.47. The number of ether oxygens (including phenoxy) is 3. The van der Waals surface area contributed by atoms with Crippen LogP contribution in [0.15, 0.2) is 24.5 Å². The van der Waals surface area contributed by atoms with Gasteiger partial charge in [0.05, 0.1) is 19.6 Å². The molecule has 214 valence electrons. The van der Waals surface area contributed by atoms with Crippen LogP contribution >= 0.6 is 0 Å². The molecule has 1 saturated heterocycles. The number of aliphatic carboxylic acids is 1. The van der Waals surface area contributed by atoms with Crippen molar-refractivity contribution < 1.29 is 28.9 Å². The van der Waals surface area contributed by atoms with Crippen LogP contribution in [0.2, 0.25) is 0 Å². The van der Waals surface area contributed by atoms with Crippen molar-refractivity contribution in [1.29, 1.82) is 0 Å². The van der Waals surface area contributed by atoms with Crippen molar-refractivity contribution in [2.24, 2.45) is 18.7 Å². The van der Waals surface area contributed by atoms with Crippen LogP contribution in [0.5, 0.6) is 17.2 Å². The molecule has 3 heterocycles. The summed E-state index contributed by atoms with van der Waals surface area (Å²) in [4.78, 5) is 34.7. The van der Waals surface area contributed by atoms with Crippen molar-refractivity contribution >= 4 is 11.9 Å². The molecule has 2 aliphatic heterocycles. The first-order valence-corrected chi connectivity index (χ1v) is 13.8. The number of aryl methyl sites for hydroxylation is 2. The van der Waals surface area contributed by atoms with Crippen LogP contribution in [0.4, 0.5) is 0 Å². The van der Waals surface area contributed by atoms with Gasteiger partial charge in [-0.3, -0.25) is 14.5 Å². The van der Waals surface area contributed by atoms with Crippen molar-refractivity contribution in [2.45, 2.75) is 51.0 Å². The molecule has 1 fully saturated rings. The lowest BCUT2D eigenvalue weighted by Crippen LogP contribution is -2.45. The molecular formula is C28H41N5O6. The molecule has 0 spiro atoms. The Bertz CT molecular complexity index is 1130. The number of amides is 1. The molecular weight excluding hydrogens is 502 g/mol. The fraction of sp³-hybridized carbons (Fsp3) is 0.607. The molecule has 1 aromatic carbocycles. The summed E-state index contributed by atoms with van der Waals surface area (Å²) in [6.45, 7) is 4.56. The van der Waals surface area contributed by atoms with Crippen LogP contribution in [-0.4, -0.2) is 89.0 Å². The molecule has 0 saturated carbocycles. The average molecular weight is 544 g/mol. The first-order valence-electron chi connectivity index (χ1n) is 13.8. The second-order valence-electron chi connectivity index (χ2n) is 10.3. The highest BCUT2D eigenvalue weighted by atomic mass is 16.7. The third-order valence-electron chi connectivity index (χ3n) is 7.83. The summed E-state index contributed by atoms with van der Waals surface area (Å²) in [5.41, 5.74) is 6.53. The van der Waals surface area contributed by atoms with Gasteiger partial charge in [0, 0.05) is 57.5 Å². The summed E-state index contributed by atoms with van der Waals surface area (Å²) in [5, 5.41) is 10.5. The van der Waals surface area contributed by atoms with E-state index >= 15 is 0 Å². The molecule has 0 radical (unpaired) electrons. The van der Waals surface area contributed by atoms with Gasteiger partial charge in [0.25, 0.3) is 0 Å². The fourth-order valence-corrected chi connectivity index (χ4v) is 5.73. The van der Waals surface area contributed by atoms with Gasteiger partial charge >= 0.3 is 5.97 Å². The number of methoxy groups -OCH3 is 1. The van der Waals surface area contributed by atoms with E-state index in [1.807, 2.05) is 39.7 Å². The van der Waals surface area contributed by atoms with Crippen molar-refractivity contribution in [3.63, 3.8) is 0 Å². The minimum absolute atomic E-state index is 0.00643. The van der Waals surface area contributed by atoms with E-state index < -0.39 is 11.9 Å². The van der Waals surface area contributed by atoms with Gasteiger partial charge in [0.1, 0.15) is 5.82 Å². The van der Waals surface area contributed by atoms with E-state index in [0.717, 1.165) is 30.7 Å². The Morgan fingerprint density at radius 2 is 2.05 bits per heavy atom. The second-order valence-corrected chi connectivity index (χ2v) is 10.3. The predicted octanol–water partition coefficient (Wildman–Crippen LogP) is 2.24. The highest BCUT2D eigenvalue weighted by molar-refractivity contribution is 5.79. The molecule has 0 bridgehead atoms. The van der Waals surface area contributed by atoms with Crippen LogP contribution in [0, 0.1) is 5.92 Å². The Labute approximate surface area is 229 Å². The number of benzene rings is 1. The summed E-state index contributed by atoms with van der Waals surface area (Å²) in [5.74, 6) is 0.488. The van der Waals surface area contributed by atoms with E-state index in [2.05, 4.69) is 11.9 Å². The minimum Gasteiger partial charge on any atom is -0.493 e. The zero-order chi connectivity index (χ0) is 27.9. The van der Waals surface area contributed by atoms with E-state index in [1.54, 1.807) is 13.3 Å². The number of aromatic nitrogens is 2. The Balaban J connectivity index is 1.64. The number of hydrogen-bond acceptors (Lipinski definition) is 8. The first-order chi connectivity index (χ1) is 18.9. The zero-order valence-electron chi connectivity index (χ0n) is 23.2. The van der Waals surface area contributed by atoms with E-state index in [9.17, 15) is 14.7 Å². The normalized spacial score (nSPS) is 20.4. The van der Waals surface area contributed by atoms with Gasteiger partial charge in [-0.05, 0) is 43.5 Å². The minimum atomic E-state index is -0.887. The molecule has 1 amide bonds. The van der Waals surface area contributed by atoms with E-state index in [0.29, 0.717) is 56.3 Å². The number of carbonyl (C=O) groups is 2. The molecule has 39 heavy (non-hydrogen) atoms. The van der Waals surface area contributed by atoms with Crippen molar-refractivity contribution in [3.8, 4) is 17.2 Å². The topological polar surface area (TPSA) is 132 Å². The summed E-state index contributed by atoms with van der Waals surface area (Å²) in [6.07, 6.45) is 7.41. The lowest BCUT2D eigenvalue weighted by atomic mass is 9.83. The molecule has 11 heteroatoms. The van der Waals surface area contributed by atoms with Gasteiger partial charge in [-0.15, -0.1) is 0 Å². The largest absolute Gasteiger partial charge is 0.493 e. The van der Waals surface area contributed by atoms with E-state index in [1.165, 1.54) is 0 Å². The third kappa shape index (κ3) is 6.47. The zero-order valence-corrected chi connectivity index (χ0v) is 23.2. The smallest absolute Gasteiger partial charge is 0.308 e. The number of likely N-dealkylation sites (tertiary alicyclic amines) is 1. The summed E-state index contributed by atoms with van der Waals surface area (Å²) >= 11 is 0. The van der Waals surface area contributed by atoms with Crippen LogP contribution in [-0.2, 0) is 23.1 Å². The number of carbonyl (C=O) groups excluding carboxylic acids is 1.